The number of rotatable bonds is 4. The first-order chi connectivity index (χ1) is 8.32. The lowest BCUT2D eigenvalue weighted by Gasteiger charge is -2.22. The molecular formula is C14H22N2O2. The minimum atomic E-state index is -0.0515. The molecule has 1 amide bonds. The minimum Gasteiger partial charge on any atom is -0.481 e. The van der Waals surface area contributed by atoms with Crippen molar-refractivity contribution in [3.63, 3.8) is 0 Å². The Bertz CT molecular complexity index is 418. The Morgan fingerprint density at radius 1 is 1.39 bits per heavy atom. The van der Waals surface area contributed by atoms with E-state index in [2.05, 4.69) is 0 Å². The van der Waals surface area contributed by atoms with Crippen molar-refractivity contribution in [3.05, 3.63) is 23.3 Å². The summed E-state index contributed by atoms with van der Waals surface area (Å²) in [6.07, 6.45) is 0. The van der Waals surface area contributed by atoms with Crippen LogP contribution >= 0.6 is 0 Å². The van der Waals surface area contributed by atoms with Gasteiger partial charge in [0.25, 0.3) is 5.91 Å². The van der Waals surface area contributed by atoms with E-state index in [1.54, 1.807) is 11.9 Å². The van der Waals surface area contributed by atoms with Crippen LogP contribution in [0, 0.1) is 13.8 Å². The van der Waals surface area contributed by atoms with Gasteiger partial charge in [-0.3, -0.25) is 4.79 Å². The first-order valence-electron chi connectivity index (χ1n) is 6.08. The van der Waals surface area contributed by atoms with Crippen molar-refractivity contribution in [2.75, 3.05) is 19.4 Å². The molecule has 0 spiro atoms. The summed E-state index contributed by atoms with van der Waals surface area (Å²) in [5, 5.41) is 0. The quantitative estimate of drug-likeness (QED) is 0.833. The molecule has 0 aliphatic rings. The van der Waals surface area contributed by atoms with E-state index in [0.717, 1.165) is 11.1 Å². The number of amides is 1. The monoisotopic (exact) mass is 250 g/mol. The van der Waals surface area contributed by atoms with E-state index in [-0.39, 0.29) is 18.6 Å². The van der Waals surface area contributed by atoms with E-state index in [0.29, 0.717) is 11.4 Å². The lowest BCUT2D eigenvalue weighted by Crippen LogP contribution is -2.36. The molecule has 0 atom stereocenters. The van der Waals surface area contributed by atoms with Crippen LogP contribution in [0.5, 0.6) is 5.75 Å². The number of nitrogens with two attached hydrogens (primary N) is 1. The fourth-order valence-electron chi connectivity index (χ4n) is 1.71. The highest BCUT2D eigenvalue weighted by Gasteiger charge is 2.14. The van der Waals surface area contributed by atoms with Gasteiger partial charge in [0.15, 0.2) is 6.61 Å². The first-order valence-corrected chi connectivity index (χ1v) is 6.08. The second kappa shape index (κ2) is 5.76. The van der Waals surface area contributed by atoms with Crippen LogP contribution in [0.2, 0.25) is 0 Å². The van der Waals surface area contributed by atoms with Gasteiger partial charge in [-0.05, 0) is 44.9 Å². The molecule has 0 aromatic heterocycles. The molecule has 4 heteroatoms. The van der Waals surface area contributed by atoms with E-state index in [1.807, 2.05) is 39.8 Å². The van der Waals surface area contributed by atoms with Gasteiger partial charge in [-0.1, -0.05) is 6.07 Å². The van der Waals surface area contributed by atoms with Gasteiger partial charge < -0.3 is 15.4 Å². The molecule has 18 heavy (non-hydrogen) atoms. The summed E-state index contributed by atoms with van der Waals surface area (Å²) in [7, 11) is 1.77. The smallest absolute Gasteiger partial charge is 0.260 e. The summed E-state index contributed by atoms with van der Waals surface area (Å²) in [4.78, 5) is 13.5. The third-order valence-electron chi connectivity index (χ3n) is 2.96. The average Bonchev–Trinajstić information content (AvgIpc) is 2.25. The van der Waals surface area contributed by atoms with Crippen molar-refractivity contribution in [1.29, 1.82) is 0 Å². The van der Waals surface area contributed by atoms with Gasteiger partial charge >= 0.3 is 0 Å². The van der Waals surface area contributed by atoms with Crippen molar-refractivity contribution in [1.82, 2.24) is 4.90 Å². The summed E-state index contributed by atoms with van der Waals surface area (Å²) in [6.45, 7) is 7.84. The molecule has 0 aliphatic heterocycles. The molecule has 0 fully saturated rings. The molecule has 0 saturated carbocycles. The number of ether oxygens (including phenoxy) is 1. The van der Waals surface area contributed by atoms with Crippen LogP contribution in [0.15, 0.2) is 12.1 Å². The lowest BCUT2D eigenvalue weighted by molar-refractivity contribution is -0.133. The van der Waals surface area contributed by atoms with E-state index >= 15 is 0 Å². The maximum atomic E-state index is 11.8. The first kappa shape index (κ1) is 14.4. The molecule has 100 valence electrons. The zero-order chi connectivity index (χ0) is 13.9. The second-order valence-corrected chi connectivity index (χ2v) is 4.89. The third-order valence-corrected chi connectivity index (χ3v) is 2.96. The largest absolute Gasteiger partial charge is 0.481 e. The third kappa shape index (κ3) is 3.39. The van der Waals surface area contributed by atoms with Gasteiger partial charge in [-0.25, -0.2) is 0 Å². The highest BCUT2D eigenvalue weighted by Crippen LogP contribution is 2.27. The van der Waals surface area contributed by atoms with Crippen LogP contribution < -0.4 is 10.5 Å². The second-order valence-electron chi connectivity index (χ2n) is 4.89. The molecule has 1 rings (SSSR count). The number of hydrogen-bond donors (Lipinski definition) is 1. The molecule has 4 nitrogen and oxygen atoms in total. The number of nitrogens with zero attached hydrogens (tertiary/aromatic N) is 1. The maximum Gasteiger partial charge on any atom is 0.260 e. The SMILES string of the molecule is Cc1cc(C)c(OCC(=O)N(C)C(C)C)c(N)c1. The van der Waals surface area contributed by atoms with Crippen LogP contribution in [-0.2, 0) is 4.79 Å². The number of likely N-dealkylation sites (N-methyl/N-ethyl adjacent to an activating group) is 1. The Balaban J connectivity index is 2.73. The molecule has 0 unspecified atom stereocenters. The fourth-order valence-corrected chi connectivity index (χ4v) is 1.71. The normalized spacial score (nSPS) is 10.6. The van der Waals surface area contributed by atoms with Gasteiger partial charge in [0, 0.05) is 13.1 Å². The Morgan fingerprint density at radius 3 is 2.50 bits per heavy atom. The van der Waals surface area contributed by atoms with E-state index in [4.69, 9.17) is 10.5 Å². The predicted molar refractivity (Wildman–Crippen MR) is 73.7 cm³/mol. The van der Waals surface area contributed by atoms with Crippen LogP contribution in [0.25, 0.3) is 0 Å². The Kier molecular flexibility index (Phi) is 4.59. The summed E-state index contributed by atoms with van der Waals surface area (Å²) in [6, 6.07) is 4.00. The number of hydrogen-bond acceptors (Lipinski definition) is 3. The molecule has 0 heterocycles. The highest BCUT2D eigenvalue weighted by molar-refractivity contribution is 5.78. The average molecular weight is 250 g/mol. The molecule has 0 aliphatic carbocycles. The van der Waals surface area contributed by atoms with Crippen molar-refractivity contribution in [3.8, 4) is 5.75 Å². The molecule has 0 radical (unpaired) electrons. The Labute approximate surface area is 109 Å². The van der Waals surface area contributed by atoms with E-state index in [1.165, 1.54) is 0 Å². The van der Waals surface area contributed by atoms with Gasteiger partial charge in [-0.2, -0.15) is 0 Å². The Hall–Kier alpha value is -1.71. The van der Waals surface area contributed by atoms with Crippen LogP contribution in [0.3, 0.4) is 0 Å². The molecule has 2 N–H and O–H groups in total. The Morgan fingerprint density at radius 2 is 2.00 bits per heavy atom. The zero-order valence-electron chi connectivity index (χ0n) is 11.8. The number of anilines is 1. The predicted octanol–water partition coefficient (Wildman–Crippen LogP) is 2.13. The van der Waals surface area contributed by atoms with E-state index < -0.39 is 0 Å². The van der Waals surface area contributed by atoms with Crippen molar-refractivity contribution >= 4 is 11.6 Å². The van der Waals surface area contributed by atoms with Crippen molar-refractivity contribution < 1.29 is 9.53 Å². The molecule has 0 saturated heterocycles. The minimum absolute atomic E-state index is 0.0166. The molecular weight excluding hydrogens is 228 g/mol. The summed E-state index contributed by atoms with van der Waals surface area (Å²) in [5.41, 5.74) is 8.51. The van der Waals surface area contributed by atoms with Gasteiger partial charge in [0.05, 0.1) is 5.69 Å². The molecule has 1 aromatic rings. The number of carbonyl (C=O) groups excluding carboxylic acids is 1. The zero-order valence-corrected chi connectivity index (χ0v) is 11.8. The summed E-state index contributed by atoms with van der Waals surface area (Å²) < 4.78 is 5.54. The number of nitrogen functional groups attached to an aromatic ring is 1. The lowest BCUT2D eigenvalue weighted by atomic mass is 10.1. The van der Waals surface area contributed by atoms with E-state index in [9.17, 15) is 4.79 Å². The summed E-state index contributed by atoms with van der Waals surface area (Å²) >= 11 is 0. The van der Waals surface area contributed by atoms with Crippen molar-refractivity contribution in [2.24, 2.45) is 0 Å². The standard InChI is InChI=1S/C14H22N2O2/c1-9(2)16(5)13(17)8-18-14-11(4)6-10(3)7-12(14)15/h6-7,9H,8,15H2,1-5H3. The molecule has 1 aromatic carbocycles. The summed E-state index contributed by atoms with van der Waals surface area (Å²) in [5.74, 6) is 0.551. The van der Waals surface area contributed by atoms with Crippen LogP contribution in [-0.4, -0.2) is 30.5 Å². The number of aryl methyl sites for hydroxylation is 2. The highest BCUT2D eigenvalue weighted by atomic mass is 16.5. The number of carbonyl (C=O) groups is 1. The van der Waals surface area contributed by atoms with Crippen LogP contribution in [0.1, 0.15) is 25.0 Å². The topological polar surface area (TPSA) is 55.6 Å². The van der Waals surface area contributed by atoms with Gasteiger partial charge in [0.1, 0.15) is 5.75 Å². The molecule has 0 bridgehead atoms. The van der Waals surface area contributed by atoms with Gasteiger partial charge in [-0.15, -0.1) is 0 Å². The van der Waals surface area contributed by atoms with Gasteiger partial charge in [0.2, 0.25) is 0 Å². The van der Waals surface area contributed by atoms with Crippen molar-refractivity contribution in [2.45, 2.75) is 33.7 Å². The maximum absolute atomic E-state index is 11.8. The number of benzene rings is 1. The van der Waals surface area contributed by atoms with Crippen LogP contribution in [0.4, 0.5) is 5.69 Å². The fraction of sp³-hybridized carbons (Fsp3) is 0.500.